The third-order valence-corrected chi connectivity index (χ3v) is 10.6. The number of pyridine rings is 2. The normalized spacial score (nSPS) is 14.6. The number of likely N-dealkylation sites (N-methyl/N-ethyl adjacent to an activating group) is 2. The number of urea groups is 2. The third kappa shape index (κ3) is 12.0. The number of piperazine rings is 2. The Kier molecular flexibility index (Phi) is 16.4. The molecule has 4 aromatic rings. The van der Waals surface area contributed by atoms with Gasteiger partial charge in [-0.25, -0.2) is 14.4 Å². The minimum atomic E-state index is -0.441. The molecule has 14 nitrogen and oxygen atoms in total. The Morgan fingerprint density at radius 3 is 1.34 bits per heavy atom. The predicted molar refractivity (Wildman–Crippen MR) is 227 cm³/mol. The number of ketones is 1. The lowest BCUT2D eigenvalue weighted by atomic mass is 10.1. The van der Waals surface area contributed by atoms with Crippen molar-refractivity contribution in [3.05, 3.63) is 118 Å². The molecule has 0 unspecified atom stereocenters. The number of carbonyl (C=O) groups excluding carboxylic acids is 4. The van der Waals surface area contributed by atoms with Crippen molar-refractivity contribution in [3.8, 4) is 0 Å². The Labute approximate surface area is 350 Å². The molecule has 308 valence electrons. The lowest BCUT2D eigenvalue weighted by Crippen LogP contribution is -2.52. The van der Waals surface area contributed by atoms with E-state index in [-0.39, 0.29) is 30.9 Å². The zero-order chi connectivity index (χ0) is 41.6. The second kappa shape index (κ2) is 21.6. The number of rotatable bonds is 11. The van der Waals surface area contributed by atoms with Gasteiger partial charge in [0.2, 0.25) is 0 Å². The number of methoxy groups -OCH3 is 1. The van der Waals surface area contributed by atoms with Crippen LogP contribution in [0.2, 0.25) is 10.0 Å². The molecule has 2 aromatic heterocycles. The highest BCUT2D eigenvalue weighted by atomic mass is 35.5. The molecule has 58 heavy (non-hydrogen) atoms. The van der Waals surface area contributed by atoms with E-state index in [0.29, 0.717) is 65.3 Å². The van der Waals surface area contributed by atoms with Crippen molar-refractivity contribution in [2.45, 2.75) is 26.9 Å². The van der Waals surface area contributed by atoms with E-state index in [1.807, 2.05) is 34.1 Å². The van der Waals surface area contributed by atoms with Crippen LogP contribution in [0.4, 0.5) is 21.0 Å². The van der Waals surface area contributed by atoms with E-state index >= 15 is 0 Å². The van der Waals surface area contributed by atoms with Crippen LogP contribution in [0.1, 0.15) is 46.0 Å². The number of hydrogen-bond acceptors (Lipinski definition) is 10. The fourth-order valence-electron chi connectivity index (χ4n) is 6.51. The van der Waals surface area contributed by atoms with Crippen molar-refractivity contribution in [1.29, 1.82) is 0 Å². The predicted octanol–water partition coefficient (Wildman–Crippen LogP) is 5.93. The molecule has 2 fully saturated rings. The molecule has 6 rings (SSSR count). The molecule has 2 saturated heterocycles. The van der Waals surface area contributed by atoms with E-state index in [1.165, 1.54) is 19.5 Å². The van der Waals surface area contributed by atoms with Gasteiger partial charge in [-0.05, 0) is 85.9 Å². The third-order valence-electron chi connectivity index (χ3n) is 10.1. The van der Waals surface area contributed by atoms with Gasteiger partial charge in [0.25, 0.3) is 0 Å². The van der Waals surface area contributed by atoms with E-state index in [1.54, 1.807) is 58.3 Å². The molecule has 0 atom stereocenters. The van der Waals surface area contributed by atoms with Crippen molar-refractivity contribution in [1.82, 2.24) is 29.6 Å². The van der Waals surface area contributed by atoms with E-state index in [9.17, 15) is 19.2 Å². The Hall–Kier alpha value is -5.12. The SMILES string of the molecule is CCN1CCN(C(=O)N(Cc2ccc(C(=O)CN)cn2)c2ccc(Cl)cc2)CC1.CCN1CCN(C(=O)N(Cc2ccc(C(=O)OC)cn2)c2ccc(Cl)cc2)CC1. The summed E-state index contributed by atoms with van der Waals surface area (Å²) in [6.07, 6.45) is 2.97. The second-order valence-electron chi connectivity index (χ2n) is 13.7. The number of hydrogen-bond donors (Lipinski definition) is 1. The second-order valence-corrected chi connectivity index (χ2v) is 14.6. The number of carbonyl (C=O) groups is 4. The first-order chi connectivity index (χ1) is 28.0. The summed E-state index contributed by atoms with van der Waals surface area (Å²) in [5.74, 6) is -0.605. The Balaban J connectivity index is 0.000000221. The molecule has 0 saturated carbocycles. The van der Waals surface area contributed by atoms with Crippen LogP contribution >= 0.6 is 23.2 Å². The summed E-state index contributed by atoms with van der Waals surface area (Å²) in [7, 11) is 1.33. The van der Waals surface area contributed by atoms with Crippen molar-refractivity contribution in [2.24, 2.45) is 5.73 Å². The molecule has 2 aliphatic heterocycles. The van der Waals surface area contributed by atoms with Gasteiger partial charge in [0.1, 0.15) is 0 Å². The standard InChI is InChI=1S/C21H26ClN5O2.C21H25ClN4O3/c1-2-25-9-11-26(12-10-25)21(29)27(19-7-4-17(22)5-8-19)15-18-6-3-16(14-24-18)20(28)13-23;1-3-24-10-12-25(13-11-24)21(28)26(19-8-5-17(22)6-9-19)15-18-7-4-16(14-23-18)20(27)29-2/h3-8,14H,2,9-13,15,23H2,1H3;4-9,14H,3,10-13,15H2,1-2H3. The number of anilines is 2. The van der Waals surface area contributed by atoms with Crippen LogP contribution in [0.3, 0.4) is 0 Å². The highest BCUT2D eigenvalue weighted by Gasteiger charge is 2.28. The van der Waals surface area contributed by atoms with Crippen LogP contribution in [0.25, 0.3) is 0 Å². The number of nitrogens with two attached hydrogens (primary N) is 1. The maximum atomic E-state index is 13.3. The zero-order valence-electron chi connectivity index (χ0n) is 33.2. The first kappa shape index (κ1) is 44.0. The summed E-state index contributed by atoms with van der Waals surface area (Å²) in [6, 6.07) is 21.1. The van der Waals surface area contributed by atoms with Crippen molar-refractivity contribution >= 4 is 58.4 Å². The Bertz CT molecular complexity index is 1810. The van der Waals surface area contributed by atoms with Gasteiger partial charge in [0, 0.05) is 91.7 Å². The molecule has 2 aromatic carbocycles. The minimum absolute atomic E-state index is 0.0554. The Morgan fingerprint density at radius 1 is 0.621 bits per heavy atom. The lowest BCUT2D eigenvalue weighted by Gasteiger charge is -2.37. The maximum absolute atomic E-state index is 13.3. The van der Waals surface area contributed by atoms with Crippen LogP contribution in [0.5, 0.6) is 0 Å². The van der Waals surface area contributed by atoms with Gasteiger partial charge in [0.15, 0.2) is 5.78 Å². The monoisotopic (exact) mass is 831 g/mol. The fraction of sp³-hybridized carbons (Fsp3) is 0.381. The summed E-state index contributed by atoms with van der Waals surface area (Å²) in [5.41, 5.74) is 9.10. The van der Waals surface area contributed by atoms with E-state index in [0.717, 1.165) is 50.6 Å². The lowest BCUT2D eigenvalue weighted by molar-refractivity contribution is 0.0600. The minimum Gasteiger partial charge on any atom is -0.465 e. The number of benzene rings is 2. The first-order valence-electron chi connectivity index (χ1n) is 19.3. The average molecular weight is 833 g/mol. The number of amides is 4. The number of esters is 1. The molecule has 4 heterocycles. The number of halogens is 2. The average Bonchev–Trinajstić information content (AvgIpc) is 3.27. The van der Waals surface area contributed by atoms with Gasteiger partial charge in [-0.1, -0.05) is 37.0 Å². The van der Waals surface area contributed by atoms with E-state index in [2.05, 4.69) is 33.6 Å². The van der Waals surface area contributed by atoms with Crippen molar-refractivity contribution < 1.29 is 23.9 Å². The van der Waals surface area contributed by atoms with Gasteiger partial charge in [-0.15, -0.1) is 0 Å². The van der Waals surface area contributed by atoms with Crippen LogP contribution in [0, 0.1) is 0 Å². The smallest absolute Gasteiger partial charge is 0.339 e. The highest BCUT2D eigenvalue weighted by molar-refractivity contribution is 6.31. The quantitative estimate of drug-likeness (QED) is 0.143. The van der Waals surface area contributed by atoms with E-state index < -0.39 is 5.97 Å². The van der Waals surface area contributed by atoms with Gasteiger partial charge in [-0.2, -0.15) is 0 Å². The largest absolute Gasteiger partial charge is 0.465 e. The van der Waals surface area contributed by atoms with Gasteiger partial charge < -0.3 is 30.1 Å². The number of ether oxygens (including phenoxy) is 1. The highest BCUT2D eigenvalue weighted by Crippen LogP contribution is 2.24. The topological polar surface area (TPSA) is 149 Å². The van der Waals surface area contributed by atoms with Crippen LogP contribution in [0.15, 0.2) is 85.2 Å². The van der Waals surface area contributed by atoms with Gasteiger partial charge in [0.05, 0.1) is 43.7 Å². The van der Waals surface area contributed by atoms with Gasteiger partial charge >= 0.3 is 18.0 Å². The molecule has 2 aliphatic rings. The summed E-state index contributed by atoms with van der Waals surface area (Å²) < 4.78 is 4.71. The molecule has 0 aliphatic carbocycles. The number of aromatic nitrogens is 2. The van der Waals surface area contributed by atoms with Gasteiger partial charge in [-0.3, -0.25) is 24.6 Å². The summed E-state index contributed by atoms with van der Waals surface area (Å²) in [5, 5.41) is 1.22. The molecule has 0 radical (unpaired) electrons. The molecule has 0 spiro atoms. The van der Waals surface area contributed by atoms with Crippen LogP contribution < -0.4 is 15.5 Å². The van der Waals surface area contributed by atoms with E-state index in [4.69, 9.17) is 33.7 Å². The van der Waals surface area contributed by atoms with Crippen molar-refractivity contribution in [3.63, 3.8) is 0 Å². The molecule has 0 bridgehead atoms. The number of nitrogens with zero attached hydrogens (tertiary/aromatic N) is 8. The zero-order valence-corrected chi connectivity index (χ0v) is 34.7. The first-order valence-corrected chi connectivity index (χ1v) is 20.1. The summed E-state index contributed by atoms with van der Waals surface area (Å²) >= 11 is 12.0. The molecule has 4 amide bonds. The van der Waals surface area contributed by atoms with Crippen molar-refractivity contribution in [2.75, 3.05) is 88.9 Å². The molecule has 2 N–H and O–H groups in total. The fourth-order valence-corrected chi connectivity index (χ4v) is 6.77. The molecular formula is C42H51Cl2N9O5. The van der Waals surface area contributed by atoms with Crippen LogP contribution in [-0.2, 0) is 17.8 Å². The number of Topliss-reactive ketones (excluding diaryl/α,β-unsaturated/α-hetero) is 1. The molecule has 16 heteroatoms. The molecular weight excluding hydrogens is 781 g/mol. The summed E-state index contributed by atoms with van der Waals surface area (Å²) in [6.45, 7) is 13.0. The Morgan fingerprint density at radius 2 is 1.02 bits per heavy atom. The summed E-state index contributed by atoms with van der Waals surface area (Å²) in [4.78, 5) is 70.4. The van der Waals surface area contributed by atoms with Crippen LogP contribution in [-0.4, -0.2) is 132 Å². The maximum Gasteiger partial charge on any atom is 0.339 e.